The summed E-state index contributed by atoms with van der Waals surface area (Å²) >= 11 is 0. The van der Waals surface area contributed by atoms with Crippen molar-refractivity contribution in [2.45, 2.75) is 38.8 Å². The molecule has 0 fully saturated rings. The zero-order chi connectivity index (χ0) is 22.5. The third-order valence-electron chi connectivity index (χ3n) is 5.41. The molecule has 0 spiro atoms. The highest BCUT2D eigenvalue weighted by atomic mass is 16.5. The molecule has 2 aromatic rings. The van der Waals surface area contributed by atoms with Crippen LogP contribution in [0, 0.1) is 5.92 Å². The number of carbonyl (C=O) groups is 2. The van der Waals surface area contributed by atoms with Crippen molar-refractivity contribution in [1.82, 2.24) is 20.2 Å². The van der Waals surface area contributed by atoms with E-state index in [2.05, 4.69) is 15.3 Å². The maximum absolute atomic E-state index is 13.4. The number of rotatable bonds is 7. The fourth-order valence-electron chi connectivity index (χ4n) is 3.92. The first kappa shape index (κ1) is 22.5. The first-order chi connectivity index (χ1) is 14.9. The van der Waals surface area contributed by atoms with Gasteiger partial charge in [0.05, 0.1) is 33.4 Å². The summed E-state index contributed by atoms with van der Waals surface area (Å²) in [4.78, 5) is 35.0. The summed E-state index contributed by atoms with van der Waals surface area (Å²) in [5, 5.41) is 2.86. The van der Waals surface area contributed by atoms with Crippen LogP contribution in [0.5, 0.6) is 11.5 Å². The Morgan fingerprint density at radius 1 is 1.26 bits per heavy atom. The second-order valence-electron chi connectivity index (χ2n) is 7.87. The van der Waals surface area contributed by atoms with Gasteiger partial charge in [-0.1, -0.05) is 13.8 Å². The molecule has 2 N–H and O–H groups in total. The second kappa shape index (κ2) is 9.72. The molecule has 0 radical (unpaired) electrons. The Morgan fingerprint density at radius 2 is 2.03 bits per heavy atom. The van der Waals surface area contributed by atoms with Crippen molar-refractivity contribution in [2.75, 3.05) is 27.9 Å². The average Bonchev–Trinajstić information content (AvgIpc) is 3.25. The zero-order valence-electron chi connectivity index (χ0n) is 18.6. The zero-order valence-corrected chi connectivity index (χ0v) is 18.6. The Bertz CT molecular complexity index is 926. The number of H-pyrrole nitrogens is 1. The summed E-state index contributed by atoms with van der Waals surface area (Å²) in [5.41, 5.74) is 2.46. The molecule has 9 heteroatoms. The lowest BCUT2D eigenvalue weighted by Gasteiger charge is -2.36. The number of carbonyl (C=O) groups excluding carboxylic acids is 2. The van der Waals surface area contributed by atoms with E-state index in [4.69, 9.17) is 14.2 Å². The Morgan fingerprint density at radius 3 is 2.68 bits per heavy atom. The van der Waals surface area contributed by atoms with Gasteiger partial charge in [-0.25, -0.2) is 14.6 Å². The predicted octanol–water partition coefficient (Wildman–Crippen LogP) is 2.67. The highest BCUT2D eigenvalue weighted by Gasteiger charge is 2.37. The van der Waals surface area contributed by atoms with Crippen molar-refractivity contribution in [3.8, 4) is 11.5 Å². The molecule has 0 saturated heterocycles. The number of aromatic nitrogens is 2. The van der Waals surface area contributed by atoms with Crippen LogP contribution < -0.4 is 14.8 Å². The number of nitrogens with one attached hydrogen (secondary N) is 2. The van der Waals surface area contributed by atoms with Crippen molar-refractivity contribution in [3.63, 3.8) is 0 Å². The molecule has 0 bridgehead atoms. The van der Waals surface area contributed by atoms with Gasteiger partial charge in [0.25, 0.3) is 0 Å². The van der Waals surface area contributed by atoms with E-state index in [1.165, 1.54) is 7.11 Å². The number of benzene rings is 1. The average molecular weight is 431 g/mol. The van der Waals surface area contributed by atoms with Gasteiger partial charge in [-0.15, -0.1) is 0 Å². The van der Waals surface area contributed by atoms with Crippen molar-refractivity contribution in [3.05, 3.63) is 41.5 Å². The SMILES string of the molecule is COC(=O)C(CC(C)C)NC(=O)N1CCc2[nH]cnc2C1c1cc(OC)ccc1OC. The lowest BCUT2D eigenvalue weighted by Crippen LogP contribution is -2.51. The van der Waals surface area contributed by atoms with E-state index in [9.17, 15) is 9.59 Å². The first-order valence-corrected chi connectivity index (χ1v) is 10.3. The molecule has 2 unspecified atom stereocenters. The highest BCUT2D eigenvalue weighted by Crippen LogP contribution is 2.39. The lowest BCUT2D eigenvalue weighted by molar-refractivity contribution is -0.143. The molecule has 9 nitrogen and oxygen atoms in total. The molecule has 2 heterocycles. The minimum absolute atomic E-state index is 0.206. The molecular formula is C22H30N4O5. The van der Waals surface area contributed by atoms with Gasteiger partial charge >= 0.3 is 12.0 Å². The van der Waals surface area contributed by atoms with Gasteiger partial charge in [0.15, 0.2) is 0 Å². The van der Waals surface area contributed by atoms with Crippen molar-refractivity contribution < 1.29 is 23.8 Å². The number of hydrogen-bond acceptors (Lipinski definition) is 6. The Hall–Kier alpha value is -3.23. The molecule has 1 aliphatic rings. The Kier molecular flexibility index (Phi) is 7.04. The van der Waals surface area contributed by atoms with E-state index < -0.39 is 18.1 Å². The number of methoxy groups -OCH3 is 3. The minimum Gasteiger partial charge on any atom is -0.497 e. The second-order valence-corrected chi connectivity index (χ2v) is 7.87. The molecule has 168 valence electrons. The predicted molar refractivity (Wildman–Crippen MR) is 114 cm³/mol. The summed E-state index contributed by atoms with van der Waals surface area (Å²) in [7, 11) is 4.49. The number of fused-ring (bicyclic) bond motifs is 1. The van der Waals surface area contributed by atoms with Gasteiger partial charge in [0.1, 0.15) is 23.6 Å². The van der Waals surface area contributed by atoms with Crippen LogP contribution in [0.4, 0.5) is 4.79 Å². The van der Waals surface area contributed by atoms with Crippen LogP contribution in [0.3, 0.4) is 0 Å². The van der Waals surface area contributed by atoms with E-state index in [-0.39, 0.29) is 11.9 Å². The van der Waals surface area contributed by atoms with Gasteiger partial charge < -0.3 is 29.4 Å². The van der Waals surface area contributed by atoms with E-state index in [0.717, 1.165) is 17.0 Å². The van der Waals surface area contributed by atoms with Crippen molar-refractivity contribution >= 4 is 12.0 Å². The van der Waals surface area contributed by atoms with Crippen LogP contribution in [-0.4, -0.2) is 60.8 Å². The molecule has 0 aliphatic carbocycles. The standard InChI is InChI=1S/C22H30N4O5/c1-13(2)10-17(21(27)31-5)25-22(28)26-9-8-16-19(24-12-23-16)20(26)15-11-14(29-3)6-7-18(15)30-4/h6-7,11-13,17,20H,8-10H2,1-5H3,(H,23,24)(H,25,28). The summed E-state index contributed by atoms with van der Waals surface area (Å²) in [5.74, 6) is 1.00. The summed E-state index contributed by atoms with van der Waals surface area (Å²) in [6.45, 7) is 4.42. The van der Waals surface area contributed by atoms with Crippen LogP contribution >= 0.6 is 0 Å². The first-order valence-electron chi connectivity index (χ1n) is 10.3. The monoisotopic (exact) mass is 430 g/mol. The van der Waals surface area contributed by atoms with Crippen LogP contribution in [0.1, 0.15) is 43.3 Å². The van der Waals surface area contributed by atoms with Gasteiger partial charge in [-0.05, 0) is 30.5 Å². The molecule has 31 heavy (non-hydrogen) atoms. The Labute approximate surface area is 182 Å². The van der Waals surface area contributed by atoms with Crippen molar-refractivity contribution in [2.24, 2.45) is 5.92 Å². The highest BCUT2D eigenvalue weighted by molar-refractivity contribution is 5.84. The normalized spacial score (nSPS) is 16.5. The molecule has 3 rings (SSSR count). The van der Waals surface area contributed by atoms with Gasteiger partial charge in [-0.3, -0.25) is 0 Å². The number of hydrogen-bond donors (Lipinski definition) is 2. The number of esters is 1. The van der Waals surface area contributed by atoms with Crippen molar-refractivity contribution in [1.29, 1.82) is 0 Å². The molecule has 1 aromatic carbocycles. The van der Waals surface area contributed by atoms with Crippen LogP contribution in [0.25, 0.3) is 0 Å². The molecule has 2 atom stereocenters. The number of nitrogens with zero attached hydrogens (tertiary/aromatic N) is 2. The summed E-state index contributed by atoms with van der Waals surface area (Å²) in [6.07, 6.45) is 2.73. The number of ether oxygens (including phenoxy) is 3. The molecule has 1 aromatic heterocycles. The molecule has 2 amide bonds. The third kappa shape index (κ3) is 4.76. The molecule has 0 saturated carbocycles. The number of aromatic amines is 1. The third-order valence-corrected chi connectivity index (χ3v) is 5.41. The number of imidazole rings is 1. The fourth-order valence-corrected chi connectivity index (χ4v) is 3.92. The van der Waals surface area contributed by atoms with Crippen LogP contribution in [-0.2, 0) is 16.0 Å². The fraction of sp³-hybridized carbons (Fsp3) is 0.500. The van der Waals surface area contributed by atoms with Gasteiger partial charge in [-0.2, -0.15) is 0 Å². The lowest BCUT2D eigenvalue weighted by atomic mass is 9.94. The van der Waals surface area contributed by atoms with Crippen LogP contribution in [0.15, 0.2) is 24.5 Å². The van der Waals surface area contributed by atoms with E-state index in [1.54, 1.807) is 37.6 Å². The number of amides is 2. The molecular weight excluding hydrogens is 400 g/mol. The van der Waals surface area contributed by atoms with Crippen LogP contribution in [0.2, 0.25) is 0 Å². The van der Waals surface area contributed by atoms with Gasteiger partial charge in [0, 0.05) is 24.2 Å². The Balaban J connectivity index is 1.99. The maximum atomic E-state index is 13.4. The molecule has 1 aliphatic heterocycles. The van der Waals surface area contributed by atoms with E-state index in [0.29, 0.717) is 30.9 Å². The van der Waals surface area contributed by atoms with E-state index >= 15 is 0 Å². The smallest absolute Gasteiger partial charge is 0.328 e. The topological polar surface area (TPSA) is 106 Å². The number of urea groups is 1. The summed E-state index contributed by atoms with van der Waals surface area (Å²) < 4.78 is 15.9. The largest absolute Gasteiger partial charge is 0.497 e. The van der Waals surface area contributed by atoms with Gasteiger partial charge in [0.2, 0.25) is 0 Å². The maximum Gasteiger partial charge on any atom is 0.328 e. The van der Waals surface area contributed by atoms with E-state index in [1.807, 2.05) is 19.9 Å². The quantitative estimate of drug-likeness (QED) is 0.654. The summed E-state index contributed by atoms with van der Waals surface area (Å²) in [6, 6.07) is 3.86. The minimum atomic E-state index is -0.731.